The summed E-state index contributed by atoms with van der Waals surface area (Å²) in [4.78, 5) is 12.8. The summed E-state index contributed by atoms with van der Waals surface area (Å²) in [5, 5.41) is 3.08. The summed E-state index contributed by atoms with van der Waals surface area (Å²) < 4.78 is 27.7. The number of nitrogens with zero attached hydrogens (tertiary/aromatic N) is 1. The van der Waals surface area contributed by atoms with Gasteiger partial charge in [0.2, 0.25) is 5.91 Å². The van der Waals surface area contributed by atoms with E-state index in [0.29, 0.717) is 6.54 Å². The zero-order valence-electron chi connectivity index (χ0n) is 16.8. The number of amides is 1. The van der Waals surface area contributed by atoms with E-state index in [1.807, 2.05) is 37.3 Å². The van der Waals surface area contributed by atoms with Crippen LogP contribution in [-0.2, 0) is 14.8 Å². The van der Waals surface area contributed by atoms with Crippen LogP contribution in [0.15, 0.2) is 83.8 Å². The van der Waals surface area contributed by atoms with Crippen LogP contribution in [0.5, 0.6) is 0 Å². The van der Waals surface area contributed by atoms with Crippen molar-refractivity contribution in [3.05, 3.63) is 94.5 Å². The summed E-state index contributed by atoms with van der Waals surface area (Å²) >= 11 is 12.4. The zero-order chi connectivity index (χ0) is 22.4. The van der Waals surface area contributed by atoms with E-state index in [0.717, 1.165) is 9.87 Å². The molecule has 8 heteroatoms. The van der Waals surface area contributed by atoms with Crippen LogP contribution in [0, 0.1) is 0 Å². The Labute approximate surface area is 192 Å². The van der Waals surface area contributed by atoms with Crippen LogP contribution in [0.1, 0.15) is 18.4 Å². The molecule has 0 unspecified atom stereocenters. The van der Waals surface area contributed by atoms with E-state index in [1.54, 1.807) is 30.3 Å². The molecule has 31 heavy (non-hydrogen) atoms. The smallest absolute Gasteiger partial charge is 0.264 e. The van der Waals surface area contributed by atoms with Crippen LogP contribution in [0.25, 0.3) is 0 Å². The lowest BCUT2D eigenvalue weighted by Crippen LogP contribution is -2.42. The second kappa shape index (κ2) is 10.2. The van der Waals surface area contributed by atoms with Gasteiger partial charge in [-0.1, -0.05) is 84.7 Å². The highest BCUT2D eigenvalue weighted by molar-refractivity contribution is 7.92. The summed E-state index contributed by atoms with van der Waals surface area (Å²) in [7, 11) is -4.05. The van der Waals surface area contributed by atoms with Crippen LogP contribution in [0.4, 0.5) is 5.69 Å². The highest BCUT2D eigenvalue weighted by Gasteiger charge is 2.29. The maximum Gasteiger partial charge on any atom is 0.264 e. The molecule has 5 nitrogen and oxygen atoms in total. The van der Waals surface area contributed by atoms with E-state index < -0.39 is 22.5 Å². The Bertz CT molecular complexity index is 1140. The van der Waals surface area contributed by atoms with Gasteiger partial charge in [0.25, 0.3) is 10.0 Å². The number of sulfonamides is 1. The van der Waals surface area contributed by atoms with Gasteiger partial charge >= 0.3 is 0 Å². The third kappa shape index (κ3) is 5.58. The molecule has 3 rings (SSSR count). The third-order valence-electron chi connectivity index (χ3n) is 4.79. The topological polar surface area (TPSA) is 66.5 Å². The lowest BCUT2D eigenvalue weighted by atomic mass is 10.0. The van der Waals surface area contributed by atoms with E-state index in [2.05, 4.69) is 5.32 Å². The van der Waals surface area contributed by atoms with Gasteiger partial charge in [-0.3, -0.25) is 9.10 Å². The molecule has 0 radical (unpaired) electrons. The fourth-order valence-electron chi connectivity index (χ4n) is 3.06. The predicted molar refractivity (Wildman–Crippen MR) is 125 cm³/mol. The van der Waals surface area contributed by atoms with E-state index >= 15 is 0 Å². The van der Waals surface area contributed by atoms with Crippen molar-refractivity contribution in [2.24, 2.45) is 0 Å². The molecule has 0 aliphatic carbocycles. The Morgan fingerprint density at radius 1 is 0.935 bits per heavy atom. The van der Waals surface area contributed by atoms with Crippen molar-refractivity contribution in [2.75, 3.05) is 17.4 Å². The van der Waals surface area contributed by atoms with E-state index in [9.17, 15) is 13.2 Å². The molecule has 1 N–H and O–H groups in total. The largest absolute Gasteiger partial charge is 0.354 e. The molecule has 1 amide bonds. The number of halogens is 2. The van der Waals surface area contributed by atoms with Gasteiger partial charge in [-0.05, 0) is 35.7 Å². The molecule has 0 saturated carbocycles. The summed E-state index contributed by atoms with van der Waals surface area (Å²) in [6.07, 6.45) is 0. The number of carbonyl (C=O) groups excluding carboxylic acids is 1. The number of carbonyl (C=O) groups is 1. The van der Waals surface area contributed by atoms with Crippen LogP contribution >= 0.6 is 23.2 Å². The average Bonchev–Trinajstić information content (AvgIpc) is 2.79. The Morgan fingerprint density at radius 3 is 2.19 bits per heavy atom. The monoisotopic (exact) mass is 476 g/mol. The molecule has 1 atom stereocenters. The summed E-state index contributed by atoms with van der Waals surface area (Å²) in [5.41, 5.74) is 1.22. The van der Waals surface area contributed by atoms with Gasteiger partial charge in [0.15, 0.2) is 0 Å². The molecule has 0 aliphatic rings. The standard InChI is InChI=1S/C23H22Cl2N2O3S/c1-17(18-9-4-2-5-10-18)15-26-22(28)16-27(21-14-8-13-20(24)23(21)25)31(29,30)19-11-6-3-7-12-19/h2-14,17H,15-16H2,1H3,(H,26,28)/t17-/m0/s1. The number of hydrogen-bond donors (Lipinski definition) is 1. The van der Waals surface area contributed by atoms with Crippen LogP contribution in [0.2, 0.25) is 10.0 Å². The van der Waals surface area contributed by atoms with Crippen LogP contribution in [0.3, 0.4) is 0 Å². The van der Waals surface area contributed by atoms with Crippen molar-refractivity contribution in [1.29, 1.82) is 0 Å². The Balaban J connectivity index is 1.85. The Morgan fingerprint density at radius 2 is 1.55 bits per heavy atom. The van der Waals surface area contributed by atoms with Crippen molar-refractivity contribution in [2.45, 2.75) is 17.7 Å². The highest BCUT2D eigenvalue weighted by Crippen LogP contribution is 2.35. The minimum Gasteiger partial charge on any atom is -0.354 e. The molecule has 3 aromatic rings. The van der Waals surface area contributed by atoms with Crippen molar-refractivity contribution in [3.63, 3.8) is 0 Å². The number of benzene rings is 3. The summed E-state index contributed by atoms with van der Waals surface area (Å²) in [6, 6.07) is 22.3. The van der Waals surface area contributed by atoms with Gasteiger partial charge < -0.3 is 5.32 Å². The van der Waals surface area contributed by atoms with E-state index in [-0.39, 0.29) is 26.5 Å². The maximum atomic E-state index is 13.3. The Hall–Kier alpha value is -2.54. The minimum atomic E-state index is -4.05. The molecular formula is C23H22Cl2N2O3S. The van der Waals surface area contributed by atoms with Gasteiger partial charge in [0.1, 0.15) is 6.54 Å². The van der Waals surface area contributed by atoms with E-state index in [4.69, 9.17) is 23.2 Å². The molecule has 0 spiro atoms. The minimum absolute atomic E-state index is 0.0523. The fraction of sp³-hybridized carbons (Fsp3) is 0.174. The van der Waals surface area contributed by atoms with Crippen molar-refractivity contribution in [1.82, 2.24) is 5.32 Å². The molecule has 162 valence electrons. The quantitative estimate of drug-likeness (QED) is 0.491. The van der Waals surface area contributed by atoms with Gasteiger partial charge in [-0.2, -0.15) is 0 Å². The lowest BCUT2D eigenvalue weighted by molar-refractivity contribution is -0.119. The van der Waals surface area contributed by atoms with Gasteiger partial charge in [-0.25, -0.2) is 8.42 Å². The second-order valence-corrected chi connectivity index (χ2v) is 9.66. The van der Waals surface area contributed by atoms with Crippen molar-refractivity contribution in [3.8, 4) is 0 Å². The number of hydrogen-bond acceptors (Lipinski definition) is 3. The Kier molecular flexibility index (Phi) is 7.59. The molecule has 0 aromatic heterocycles. The first-order valence-electron chi connectivity index (χ1n) is 9.64. The molecule has 0 bridgehead atoms. The average molecular weight is 477 g/mol. The number of anilines is 1. The molecule has 0 aliphatic heterocycles. The van der Waals surface area contributed by atoms with E-state index in [1.165, 1.54) is 18.2 Å². The molecule has 3 aromatic carbocycles. The highest BCUT2D eigenvalue weighted by atomic mass is 35.5. The van der Waals surface area contributed by atoms with Crippen LogP contribution < -0.4 is 9.62 Å². The normalized spacial score (nSPS) is 12.2. The summed E-state index contributed by atoms with van der Waals surface area (Å²) in [5.74, 6) is -0.377. The fourth-order valence-corrected chi connectivity index (χ4v) is 4.96. The van der Waals surface area contributed by atoms with Crippen LogP contribution in [-0.4, -0.2) is 27.4 Å². The van der Waals surface area contributed by atoms with Gasteiger partial charge in [0.05, 0.1) is 20.6 Å². The zero-order valence-corrected chi connectivity index (χ0v) is 19.2. The number of rotatable bonds is 8. The first-order chi connectivity index (χ1) is 14.8. The first-order valence-corrected chi connectivity index (χ1v) is 11.8. The molecule has 0 saturated heterocycles. The lowest BCUT2D eigenvalue weighted by Gasteiger charge is -2.25. The molecule has 0 fully saturated rings. The summed E-state index contributed by atoms with van der Waals surface area (Å²) in [6.45, 7) is 1.92. The number of nitrogens with one attached hydrogen (secondary N) is 1. The molecule has 0 heterocycles. The first kappa shape index (κ1) is 23.1. The third-order valence-corrected chi connectivity index (χ3v) is 7.38. The van der Waals surface area contributed by atoms with Crippen molar-refractivity contribution >= 4 is 44.8 Å². The maximum absolute atomic E-state index is 13.3. The second-order valence-electron chi connectivity index (χ2n) is 7.01. The SMILES string of the molecule is C[C@@H](CNC(=O)CN(c1cccc(Cl)c1Cl)S(=O)(=O)c1ccccc1)c1ccccc1. The van der Waals surface area contributed by atoms with Gasteiger partial charge in [-0.15, -0.1) is 0 Å². The van der Waals surface area contributed by atoms with Crippen molar-refractivity contribution < 1.29 is 13.2 Å². The van der Waals surface area contributed by atoms with Gasteiger partial charge in [0, 0.05) is 6.54 Å². The molecular weight excluding hydrogens is 455 g/mol. The predicted octanol–water partition coefficient (Wildman–Crippen LogP) is 5.11.